The van der Waals surface area contributed by atoms with E-state index in [1.54, 1.807) is 0 Å². The van der Waals surface area contributed by atoms with Gasteiger partial charge in [0.1, 0.15) is 0 Å². The van der Waals surface area contributed by atoms with Crippen molar-refractivity contribution in [3.63, 3.8) is 0 Å². The lowest BCUT2D eigenvalue weighted by atomic mass is 9.99. The van der Waals surface area contributed by atoms with Gasteiger partial charge in [-0.1, -0.05) is 140 Å². The Kier molecular flexibility index (Phi) is 7.24. The minimum atomic E-state index is 0.648. The molecule has 8 aromatic carbocycles. The van der Waals surface area contributed by atoms with E-state index in [0.29, 0.717) is 17.5 Å². The number of hydrogen-bond donors (Lipinski definition) is 0. The first-order chi connectivity index (χ1) is 28.3. The maximum Gasteiger partial charge on any atom is 0.165 e. The van der Waals surface area contributed by atoms with Gasteiger partial charge in [-0.3, -0.25) is 0 Å². The molecule has 4 aromatic heterocycles. The first kappa shape index (κ1) is 32.3. The molecule has 0 saturated carbocycles. The number of fused-ring (bicyclic) bond motifs is 10. The standard InChI is InChI=1S/C51H30N4S2/c1-4-15-31(16-5-1)35-23-14-25-41-45(35)36-21-10-12-24-40(36)55(41)34-29-38-47-44(28-27-43-46(47)37-22-11-13-26-42(37)56-43)57-48(38)39(30-34)51-53-49(32-17-6-2-7-18-32)52-50(54-51)33-19-8-3-9-20-33/h1-30H. The van der Waals surface area contributed by atoms with Crippen LogP contribution in [0.2, 0.25) is 0 Å². The van der Waals surface area contributed by atoms with E-state index in [9.17, 15) is 0 Å². The molecule has 0 saturated heterocycles. The fourth-order valence-corrected chi connectivity index (χ4v) is 10.9. The molecule has 6 heteroatoms. The molecular weight excluding hydrogens is 733 g/mol. The molecule has 0 aliphatic carbocycles. The highest BCUT2D eigenvalue weighted by Gasteiger charge is 2.23. The molecule has 0 aliphatic rings. The average Bonchev–Trinajstić information content (AvgIpc) is 3.96. The van der Waals surface area contributed by atoms with Crippen LogP contribution in [0.5, 0.6) is 0 Å². The zero-order chi connectivity index (χ0) is 37.5. The predicted octanol–water partition coefficient (Wildman–Crippen LogP) is 14.4. The minimum absolute atomic E-state index is 0.648. The van der Waals surface area contributed by atoms with Crippen molar-refractivity contribution in [3.05, 3.63) is 182 Å². The maximum atomic E-state index is 5.30. The molecule has 4 nitrogen and oxygen atoms in total. The molecule has 0 amide bonds. The zero-order valence-corrected chi connectivity index (χ0v) is 32.1. The van der Waals surface area contributed by atoms with Crippen LogP contribution in [-0.4, -0.2) is 19.5 Å². The lowest BCUT2D eigenvalue weighted by molar-refractivity contribution is 1.07. The number of hydrogen-bond acceptors (Lipinski definition) is 5. The largest absolute Gasteiger partial charge is 0.309 e. The molecule has 0 N–H and O–H groups in total. The van der Waals surface area contributed by atoms with E-state index in [1.165, 1.54) is 57.5 Å². The maximum absolute atomic E-state index is 5.30. The van der Waals surface area contributed by atoms with Gasteiger partial charge >= 0.3 is 0 Å². The van der Waals surface area contributed by atoms with Crippen LogP contribution in [0.15, 0.2) is 182 Å². The van der Waals surface area contributed by atoms with Crippen LogP contribution in [0.4, 0.5) is 0 Å². The highest BCUT2D eigenvalue weighted by atomic mass is 32.1. The highest BCUT2D eigenvalue weighted by molar-refractivity contribution is 7.28. The van der Waals surface area contributed by atoms with Gasteiger partial charge in [-0.15, -0.1) is 22.7 Å². The molecule has 57 heavy (non-hydrogen) atoms. The van der Waals surface area contributed by atoms with Gasteiger partial charge in [0, 0.05) is 73.5 Å². The van der Waals surface area contributed by atoms with Crippen LogP contribution in [0.25, 0.3) is 113 Å². The van der Waals surface area contributed by atoms with Crippen molar-refractivity contribution in [3.8, 4) is 51.0 Å². The van der Waals surface area contributed by atoms with Crippen LogP contribution in [0.3, 0.4) is 0 Å². The Labute approximate surface area is 335 Å². The topological polar surface area (TPSA) is 43.6 Å². The van der Waals surface area contributed by atoms with Crippen LogP contribution < -0.4 is 0 Å². The van der Waals surface area contributed by atoms with E-state index in [1.807, 2.05) is 59.1 Å². The van der Waals surface area contributed by atoms with Crippen LogP contribution in [0, 0.1) is 0 Å². The van der Waals surface area contributed by atoms with Crippen molar-refractivity contribution in [2.75, 3.05) is 0 Å². The SMILES string of the molecule is c1ccc(-c2nc(-c3ccccc3)nc(-c3cc(-n4c5ccccc5c5c(-c6ccccc6)cccc54)cc4c3sc3ccc5sc6ccccc6c5c34)n2)cc1. The van der Waals surface area contributed by atoms with Gasteiger partial charge in [0.05, 0.1) is 11.0 Å². The Morgan fingerprint density at radius 2 is 0.912 bits per heavy atom. The smallest absolute Gasteiger partial charge is 0.165 e. The number of thiophene rings is 2. The van der Waals surface area contributed by atoms with E-state index in [-0.39, 0.29) is 0 Å². The summed E-state index contributed by atoms with van der Waals surface area (Å²) in [6.45, 7) is 0. The molecule has 0 aliphatic heterocycles. The monoisotopic (exact) mass is 762 g/mol. The van der Waals surface area contributed by atoms with Gasteiger partial charge in [-0.2, -0.15) is 0 Å². The van der Waals surface area contributed by atoms with Crippen molar-refractivity contribution in [2.24, 2.45) is 0 Å². The lowest BCUT2D eigenvalue weighted by Crippen LogP contribution is -2.01. The summed E-state index contributed by atoms with van der Waals surface area (Å²) in [6, 6.07) is 64.8. The Morgan fingerprint density at radius 3 is 1.63 bits per heavy atom. The number of aromatic nitrogens is 4. The molecule has 4 heterocycles. The Bertz CT molecular complexity index is 3450. The summed E-state index contributed by atoms with van der Waals surface area (Å²) in [5.41, 5.74) is 8.66. The third-order valence-corrected chi connectivity index (χ3v) is 13.4. The Morgan fingerprint density at radius 1 is 0.351 bits per heavy atom. The fourth-order valence-electron chi connectivity index (χ4n) is 8.55. The number of benzene rings is 8. The highest BCUT2D eigenvalue weighted by Crippen LogP contribution is 2.48. The molecule has 0 bridgehead atoms. The van der Waals surface area contributed by atoms with Crippen molar-refractivity contribution >= 4 is 84.8 Å². The summed E-state index contributed by atoms with van der Waals surface area (Å²) in [7, 11) is 0. The molecule has 0 fully saturated rings. The summed E-state index contributed by atoms with van der Waals surface area (Å²) >= 11 is 3.68. The number of nitrogens with zero attached hydrogens (tertiary/aromatic N) is 4. The molecule has 0 radical (unpaired) electrons. The van der Waals surface area contributed by atoms with Crippen molar-refractivity contribution < 1.29 is 0 Å². The van der Waals surface area contributed by atoms with Crippen molar-refractivity contribution in [1.29, 1.82) is 0 Å². The zero-order valence-electron chi connectivity index (χ0n) is 30.4. The molecule has 0 unspecified atom stereocenters. The van der Waals surface area contributed by atoms with E-state index in [2.05, 4.69) is 150 Å². The van der Waals surface area contributed by atoms with E-state index >= 15 is 0 Å². The van der Waals surface area contributed by atoms with Crippen molar-refractivity contribution in [1.82, 2.24) is 19.5 Å². The Hall–Kier alpha value is -6.99. The van der Waals surface area contributed by atoms with Gasteiger partial charge in [-0.05, 0) is 53.6 Å². The van der Waals surface area contributed by atoms with E-state index in [0.717, 1.165) is 38.1 Å². The molecule has 12 aromatic rings. The van der Waals surface area contributed by atoms with Gasteiger partial charge < -0.3 is 4.57 Å². The number of rotatable bonds is 5. The van der Waals surface area contributed by atoms with Crippen LogP contribution >= 0.6 is 22.7 Å². The minimum Gasteiger partial charge on any atom is -0.309 e. The summed E-state index contributed by atoms with van der Waals surface area (Å²) in [5.74, 6) is 1.95. The Balaban J connectivity index is 1.23. The van der Waals surface area contributed by atoms with Gasteiger partial charge in [-0.25, -0.2) is 15.0 Å². The molecular formula is C51H30N4S2. The quantitative estimate of drug-likeness (QED) is 0.175. The van der Waals surface area contributed by atoms with Crippen LogP contribution in [0.1, 0.15) is 0 Å². The van der Waals surface area contributed by atoms with E-state index < -0.39 is 0 Å². The third kappa shape index (κ3) is 5.08. The van der Waals surface area contributed by atoms with Crippen LogP contribution in [-0.2, 0) is 0 Å². The third-order valence-electron chi connectivity index (χ3n) is 11.0. The summed E-state index contributed by atoms with van der Waals surface area (Å²) in [5, 5.41) is 7.52. The predicted molar refractivity (Wildman–Crippen MR) is 242 cm³/mol. The second-order valence-electron chi connectivity index (χ2n) is 14.3. The van der Waals surface area contributed by atoms with Crippen molar-refractivity contribution in [2.45, 2.75) is 0 Å². The normalized spacial score (nSPS) is 11.9. The van der Waals surface area contributed by atoms with Gasteiger partial charge in [0.25, 0.3) is 0 Å². The summed E-state index contributed by atoms with van der Waals surface area (Å²) in [4.78, 5) is 15.7. The summed E-state index contributed by atoms with van der Waals surface area (Å²) in [6.07, 6.45) is 0. The fraction of sp³-hybridized carbons (Fsp3) is 0. The second kappa shape index (κ2) is 12.8. The first-order valence-corrected chi connectivity index (χ1v) is 20.7. The van der Waals surface area contributed by atoms with Gasteiger partial charge in [0.2, 0.25) is 0 Å². The average molecular weight is 763 g/mol. The molecule has 0 spiro atoms. The second-order valence-corrected chi connectivity index (χ2v) is 16.5. The molecule has 12 rings (SSSR count). The molecule has 266 valence electrons. The van der Waals surface area contributed by atoms with E-state index in [4.69, 9.17) is 15.0 Å². The number of para-hydroxylation sites is 1. The summed E-state index contributed by atoms with van der Waals surface area (Å²) < 4.78 is 7.43. The van der Waals surface area contributed by atoms with Gasteiger partial charge in [0.15, 0.2) is 17.5 Å². The molecule has 0 atom stereocenters. The first-order valence-electron chi connectivity index (χ1n) is 19.0. The lowest BCUT2D eigenvalue weighted by Gasteiger charge is -2.13.